The third-order valence-corrected chi connectivity index (χ3v) is 4.44. The number of hydrogen-bond acceptors (Lipinski definition) is 4. The van der Waals surface area contributed by atoms with Crippen LogP contribution < -0.4 is 10.6 Å². The fourth-order valence-electron chi connectivity index (χ4n) is 3.25. The molecule has 1 aliphatic carbocycles. The Balaban J connectivity index is 1.95. The number of amides is 1. The highest BCUT2D eigenvalue weighted by Crippen LogP contribution is 2.30. The van der Waals surface area contributed by atoms with E-state index in [2.05, 4.69) is 10.6 Å². The van der Waals surface area contributed by atoms with Gasteiger partial charge < -0.3 is 20.5 Å². The molecule has 110 valence electrons. The predicted octanol–water partition coefficient (Wildman–Crippen LogP) is 0.422. The van der Waals surface area contributed by atoms with E-state index in [1.54, 1.807) is 7.11 Å². The minimum atomic E-state index is -0.387. The molecule has 0 bridgehead atoms. The summed E-state index contributed by atoms with van der Waals surface area (Å²) in [4.78, 5) is 12.6. The zero-order chi connectivity index (χ0) is 13.7. The summed E-state index contributed by atoms with van der Waals surface area (Å²) in [5, 5.41) is 16.1. The third kappa shape index (κ3) is 3.68. The normalized spacial score (nSPS) is 30.8. The van der Waals surface area contributed by atoms with E-state index in [4.69, 9.17) is 4.74 Å². The van der Waals surface area contributed by atoms with Crippen molar-refractivity contribution in [2.45, 2.75) is 50.7 Å². The Morgan fingerprint density at radius 2 is 2.16 bits per heavy atom. The maximum Gasteiger partial charge on any atom is 0.228 e. The Hall–Kier alpha value is -0.650. The fourth-order valence-corrected chi connectivity index (χ4v) is 3.25. The van der Waals surface area contributed by atoms with Gasteiger partial charge in [-0.2, -0.15) is 0 Å². The molecular weight excluding hydrogens is 244 g/mol. The molecule has 1 aliphatic heterocycles. The number of nitrogens with one attached hydrogen (secondary N) is 2. The van der Waals surface area contributed by atoms with Crippen LogP contribution in [0.3, 0.4) is 0 Å². The van der Waals surface area contributed by atoms with Crippen molar-refractivity contribution >= 4 is 5.91 Å². The van der Waals surface area contributed by atoms with Crippen LogP contribution in [0.1, 0.15) is 38.5 Å². The first kappa shape index (κ1) is 14.8. The fraction of sp³-hybridized carbons (Fsp3) is 0.929. The summed E-state index contributed by atoms with van der Waals surface area (Å²) in [7, 11) is 1.65. The molecular formula is C14H26N2O3. The Labute approximate surface area is 115 Å². The SMILES string of the molecule is COCC1(C(=O)NC2CCCC(O)C2)CCNCC1. The summed E-state index contributed by atoms with van der Waals surface area (Å²) in [6.07, 6.45) is 4.90. The molecule has 2 aliphatic rings. The van der Waals surface area contributed by atoms with Gasteiger partial charge in [0.1, 0.15) is 0 Å². The van der Waals surface area contributed by atoms with Crippen molar-refractivity contribution in [2.24, 2.45) is 5.41 Å². The smallest absolute Gasteiger partial charge is 0.228 e. The molecule has 2 atom stereocenters. The molecule has 19 heavy (non-hydrogen) atoms. The molecule has 0 aromatic heterocycles. The van der Waals surface area contributed by atoms with Gasteiger partial charge in [-0.1, -0.05) is 0 Å². The highest BCUT2D eigenvalue weighted by Gasteiger charge is 2.40. The lowest BCUT2D eigenvalue weighted by Gasteiger charge is -2.37. The van der Waals surface area contributed by atoms with E-state index in [0.29, 0.717) is 13.0 Å². The van der Waals surface area contributed by atoms with Crippen molar-refractivity contribution in [3.05, 3.63) is 0 Å². The minimum absolute atomic E-state index is 0.106. The number of aliphatic hydroxyl groups is 1. The van der Waals surface area contributed by atoms with Crippen LogP contribution in [0.25, 0.3) is 0 Å². The molecule has 1 saturated carbocycles. The maximum absolute atomic E-state index is 12.6. The zero-order valence-electron chi connectivity index (χ0n) is 11.8. The molecule has 1 amide bonds. The van der Waals surface area contributed by atoms with Gasteiger partial charge in [0, 0.05) is 13.2 Å². The van der Waals surface area contributed by atoms with Crippen LogP contribution in [-0.4, -0.2) is 50.0 Å². The molecule has 3 N–H and O–H groups in total. The van der Waals surface area contributed by atoms with Gasteiger partial charge in [-0.3, -0.25) is 4.79 Å². The van der Waals surface area contributed by atoms with Crippen LogP contribution in [0.2, 0.25) is 0 Å². The topological polar surface area (TPSA) is 70.6 Å². The number of piperidine rings is 1. The van der Waals surface area contributed by atoms with E-state index in [9.17, 15) is 9.90 Å². The summed E-state index contributed by atoms with van der Waals surface area (Å²) in [6, 6.07) is 0.125. The summed E-state index contributed by atoms with van der Waals surface area (Å²) >= 11 is 0. The van der Waals surface area contributed by atoms with Crippen LogP contribution in [0.15, 0.2) is 0 Å². The molecule has 0 aromatic rings. The summed E-state index contributed by atoms with van der Waals surface area (Å²) in [5.74, 6) is 0.106. The lowest BCUT2D eigenvalue weighted by molar-refractivity contribution is -0.137. The molecule has 5 heteroatoms. The summed E-state index contributed by atoms with van der Waals surface area (Å²) in [5.41, 5.74) is -0.387. The molecule has 1 heterocycles. The van der Waals surface area contributed by atoms with Crippen molar-refractivity contribution in [3.8, 4) is 0 Å². The molecule has 0 aromatic carbocycles. The highest BCUT2D eigenvalue weighted by molar-refractivity contribution is 5.83. The number of ether oxygens (including phenoxy) is 1. The second kappa shape index (κ2) is 6.68. The first-order valence-electron chi connectivity index (χ1n) is 7.35. The Morgan fingerprint density at radius 3 is 2.79 bits per heavy atom. The van der Waals surface area contributed by atoms with Gasteiger partial charge >= 0.3 is 0 Å². The second-order valence-corrected chi connectivity index (χ2v) is 5.95. The van der Waals surface area contributed by atoms with Gasteiger partial charge in [0.2, 0.25) is 5.91 Å². The van der Waals surface area contributed by atoms with E-state index in [-0.39, 0.29) is 23.5 Å². The predicted molar refractivity (Wildman–Crippen MR) is 72.8 cm³/mol. The van der Waals surface area contributed by atoms with E-state index in [1.165, 1.54) is 0 Å². The zero-order valence-corrected chi connectivity index (χ0v) is 11.8. The van der Waals surface area contributed by atoms with E-state index in [0.717, 1.165) is 45.2 Å². The number of rotatable bonds is 4. The van der Waals surface area contributed by atoms with Crippen LogP contribution in [0.4, 0.5) is 0 Å². The largest absolute Gasteiger partial charge is 0.393 e. The number of carbonyl (C=O) groups is 1. The van der Waals surface area contributed by atoms with Crippen molar-refractivity contribution < 1.29 is 14.6 Å². The standard InChI is InChI=1S/C14H26N2O3/c1-19-10-14(5-7-15-8-6-14)13(18)16-11-3-2-4-12(17)9-11/h11-12,15,17H,2-10H2,1H3,(H,16,18). The van der Waals surface area contributed by atoms with Crippen molar-refractivity contribution in [2.75, 3.05) is 26.8 Å². The quantitative estimate of drug-likeness (QED) is 0.692. The average molecular weight is 270 g/mol. The average Bonchev–Trinajstić information content (AvgIpc) is 2.40. The Morgan fingerprint density at radius 1 is 1.42 bits per heavy atom. The van der Waals surface area contributed by atoms with Crippen LogP contribution in [0.5, 0.6) is 0 Å². The molecule has 0 radical (unpaired) electrons. The van der Waals surface area contributed by atoms with Gasteiger partial charge in [0.05, 0.1) is 18.1 Å². The molecule has 0 spiro atoms. The lowest BCUT2D eigenvalue weighted by atomic mass is 9.78. The number of hydrogen-bond donors (Lipinski definition) is 3. The third-order valence-electron chi connectivity index (χ3n) is 4.44. The van der Waals surface area contributed by atoms with Crippen LogP contribution in [-0.2, 0) is 9.53 Å². The first-order valence-corrected chi connectivity index (χ1v) is 7.35. The van der Waals surface area contributed by atoms with Gasteiger partial charge in [-0.25, -0.2) is 0 Å². The Kier molecular flexibility index (Phi) is 5.19. The highest BCUT2D eigenvalue weighted by atomic mass is 16.5. The maximum atomic E-state index is 12.6. The molecule has 1 saturated heterocycles. The second-order valence-electron chi connectivity index (χ2n) is 5.95. The van der Waals surface area contributed by atoms with Crippen molar-refractivity contribution in [1.29, 1.82) is 0 Å². The minimum Gasteiger partial charge on any atom is -0.393 e. The monoisotopic (exact) mass is 270 g/mol. The van der Waals surface area contributed by atoms with Crippen molar-refractivity contribution in [1.82, 2.24) is 10.6 Å². The number of methoxy groups -OCH3 is 1. The molecule has 2 unspecified atom stereocenters. The van der Waals surface area contributed by atoms with Crippen LogP contribution >= 0.6 is 0 Å². The van der Waals surface area contributed by atoms with Crippen LogP contribution in [0, 0.1) is 5.41 Å². The van der Waals surface area contributed by atoms with Gasteiger partial charge in [-0.15, -0.1) is 0 Å². The first-order chi connectivity index (χ1) is 9.16. The van der Waals surface area contributed by atoms with E-state index in [1.807, 2.05) is 0 Å². The van der Waals surface area contributed by atoms with E-state index < -0.39 is 0 Å². The van der Waals surface area contributed by atoms with Crippen molar-refractivity contribution in [3.63, 3.8) is 0 Å². The van der Waals surface area contributed by atoms with Gasteiger partial charge in [-0.05, 0) is 51.6 Å². The molecule has 2 fully saturated rings. The molecule has 5 nitrogen and oxygen atoms in total. The Bertz CT molecular complexity index is 298. The number of carbonyl (C=O) groups excluding carboxylic acids is 1. The number of aliphatic hydroxyl groups excluding tert-OH is 1. The lowest BCUT2D eigenvalue weighted by Crippen LogP contribution is -2.53. The van der Waals surface area contributed by atoms with Gasteiger partial charge in [0.25, 0.3) is 0 Å². The van der Waals surface area contributed by atoms with Gasteiger partial charge in [0.15, 0.2) is 0 Å². The van der Waals surface area contributed by atoms with E-state index >= 15 is 0 Å². The summed E-state index contributed by atoms with van der Waals surface area (Å²) < 4.78 is 5.28. The summed E-state index contributed by atoms with van der Waals surface area (Å²) in [6.45, 7) is 2.21. The molecule has 2 rings (SSSR count).